The number of sulfonamides is 1. The number of methoxy groups -OCH3 is 1. The van der Waals surface area contributed by atoms with E-state index >= 15 is 0 Å². The van der Waals surface area contributed by atoms with Gasteiger partial charge in [-0.15, -0.1) is 11.3 Å². The standard InChI is InChI=1S/C20H27N3O4S2/c1-14-11-21-17(15(2)19(14)27-4)13-22(3)20(24)16-7-5-9-23(12-16)29(25,26)18-8-6-10-28-18/h6,8,10-11,16H,5,7,9,12-13H2,1-4H3. The van der Waals surface area contributed by atoms with E-state index in [-0.39, 0.29) is 18.4 Å². The molecule has 2 aromatic rings. The molecular formula is C20H27N3O4S2. The maximum Gasteiger partial charge on any atom is 0.252 e. The number of hydrogen-bond acceptors (Lipinski definition) is 6. The Labute approximate surface area is 176 Å². The average molecular weight is 438 g/mol. The van der Waals surface area contributed by atoms with Crippen molar-refractivity contribution in [3.05, 3.63) is 40.5 Å². The molecule has 0 radical (unpaired) electrons. The molecule has 1 aliphatic rings. The first-order valence-electron chi connectivity index (χ1n) is 9.53. The van der Waals surface area contributed by atoms with Gasteiger partial charge in [-0.2, -0.15) is 4.31 Å². The molecule has 1 saturated heterocycles. The second-order valence-corrected chi connectivity index (χ2v) is 10.5. The number of aromatic nitrogens is 1. The Hall–Kier alpha value is -1.97. The molecule has 29 heavy (non-hydrogen) atoms. The zero-order valence-corrected chi connectivity index (χ0v) is 18.8. The Morgan fingerprint density at radius 1 is 1.41 bits per heavy atom. The smallest absolute Gasteiger partial charge is 0.252 e. The van der Waals surface area contributed by atoms with Crippen LogP contribution in [0.5, 0.6) is 5.75 Å². The van der Waals surface area contributed by atoms with Crippen molar-refractivity contribution in [3.8, 4) is 5.75 Å². The number of hydrogen-bond donors (Lipinski definition) is 0. The Bertz CT molecular complexity index is 974. The Morgan fingerprint density at radius 2 is 2.17 bits per heavy atom. The van der Waals surface area contributed by atoms with E-state index < -0.39 is 10.0 Å². The third kappa shape index (κ3) is 4.46. The number of pyridine rings is 1. The molecule has 3 heterocycles. The lowest BCUT2D eigenvalue weighted by Gasteiger charge is -2.33. The molecule has 0 N–H and O–H groups in total. The van der Waals surface area contributed by atoms with Crippen LogP contribution in [0.25, 0.3) is 0 Å². The van der Waals surface area contributed by atoms with Gasteiger partial charge in [0.15, 0.2) is 0 Å². The van der Waals surface area contributed by atoms with Crippen molar-refractivity contribution >= 4 is 27.3 Å². The monoisotopic (exact) mass is 437 g/mol. The number of aryl methyl sites for hydroxylation is 1. The van der Waals surface area contributed by atoms with Crippen LogP contribution in [0.1, 0.15) is 29.7 Å². The van der Waals surface area contributed by atoms with Gasteiger partial charge < -0.3 is 9.64 Å². The highest BCUT2D eigenvalue weighted by Gasteiger charge is 2.35. The summed E-state index contributed by atoms with van der Waals surface area (Å²) in [6, 6.07) is 3.33. The van der Waals surface area contributed by atoms with Gasteiger partial charge in [0.2, 0.25) is 5.91 Å². The van der Waals surface area contributed by atoms with Gasteiger partial charge in [-0.05, 0) is 38.1 Å². The lowest BCUT2D eigenvalue weighted by molar-refractivity contribution is -0.135. The summed E-state index contributed by atoms with van der Waals surface area (Å²) >= 11 is 1.20. The third-order valence-corrected chi connectivity index (χ3v) is 8.57. The van der Waals surface area contributed by atoms with E-state index in [1.165, 1.54) is 15.6 Å². The summed E-state index contributed by atoms with van der Waals surface area (Å²) in [7, 11) is -0.176. The van der Waals surface area contributed by atoms with Crippen molar-refractivity contribution in [3.63, 3.8) is 0 Å². The minimum atomic E-state index is -3.54. The molecule has 1 unspecified atom stereocenters. The first kappa shape index (κ1) is 21.7. The zero-order valence-electron chi connectivity index (χ0n) is 17.2. The molecule has 158 valence electrons. The first-order chi connectivity index (χ1) is 13.8. The summed E-state index contributed by atoms with van der Waals surface area (Å²) in [4.78, 5) is 19.1. The van der Waals surface area contributed by atoms with Crippen LogP contribution in [0.2, 0.25) is 0 Å². The van der Waals surface area contributed by atoms with Gasteiger partial charge in [0.25, 0.3) is 10.0 Å². The maximum absolute atomic E-state index is 13.0. The zero-order chi connectivity index (χ0) is 21.2. The summed E-state index contributed by atoms with van der Waals surface area (Å²) in [5.41, 5.74) is 2.64. The van der Waals surface area contributed by atoms with E-state index in [1.54, 1.807) is 42.8 Å². The van der Waals surface area contributed by atoms with Gasteiger partial charge in [0.1, 0.15) is 9.96 Å². The lowest BCUT2D eigenvalue weighted by atomic mass is 9.98. The molecule has 0 spiro atoms. The van der Waals surface area contributed by atoms with Crippen LogP contribution in [0, 0.1) is 19.8 Å². The summed E-state index contributed by atoms with van der Waals surface area (Å²) in [6.07, 6.45) is 3.10. The highest BCUT2D eigenvalue weighted by molar-refractivity contribution is 7.91. The Balaban J connectivity index is 1.72. The van der Waals surface area contributed by atoms with Gasteiger partial charge in [-0.1, -0.05) is 6.07 Å². The molecule has 3 rings (SSSR count). The molecule has 9 heteroatoms. The molecule has 1 aliphatic heterocycles. The van der Waals surface area contributed by atoms with E-state index in [2.05, 4.69) is 4.98 Å². The summed E-state index contributed by atoms with van der Waals surface area (Å²) in [5, 5.41) is 1.75. The van der Waals surface area contributed by atoms with Crippen LogP contribution in [-0.4, -0.2) is 55.8 Å². The van der Waals surface area contributed by atoms with Crippen LogP contribution in [0.3, 0.4) is 0 Å². The van der Waals surface area contributed by atoms with Crippen LogP contribution in [0.15, 0.2) is 27.9 Å². The fourth-order valence-corrected chi connectivity index (χ4v) is 6.41. The number of nitrogens with zero attached hydrogens (tertiary/aromatic N) is 3. The molecule has 2 aromatic heterocycles. The Morgan fingerprint density at radius 3 is 2.83 bits per heavy atom. The van der Waals surface area contributed by atoms with Crippen molar-refractivity contribution < 1.29 is 17.9 Å². The molecule has 0 aromatic carbocycles. The predicted octanol–water partition coefficient (Wildman–Crippen LogP) is 2.83. The van der Waals surface area contributed by atoms with E-state index in [0.29, 0.717) is 30.1 Å². The highest BCUT2D eigenvalue weighted by Crippen LogP contribution is 2.28. The van der Waals surface area contributed by atoms with Crippen molar-refractivity contribution in [2.24, 2.45) is 5.92 Å². The molecule has 7 nitrogen and oxygen atoms in total. The van der Waals surface area contributed by atoms with E-state index in [0.717, 1.165) is 22.6 Å². The topological polar surface area (TPSA) is 79.8 Å². The predicted molar refractivity (Wildman–Crippen MR) is 113 cm³/mol. The number of thiophene rings is 1. The van der Waals surface area contributed by atoms with Gasteiger partial charge in [0, 0.05) is 37.5 Å². The van der Waals surface area contributed by atoms with Crippen LogP contribution in [-0.2, 0) is 21.4 Å². The largest absolute Gasteiger partial charge is 0.496 e. The maximum atomic E-state index is 13.0. The van der Waals surface area contributed by atoms with E-state index in [4.69, 9.17) is 4.74 Å². The van der Waals surface area contributed by atoms with Gasteiger partial charge >= 0.3 is 0 Å². The molecule has 1 atom stereocenters. The second kappa shape index (κ2) is 8.81. The summed E-state index contributed by atoms with van der Waals surface area (Å²) in [5.74, 6) is 0.370. The second-order valence-electron chi connectivity index (χ2n) is 7.37. The summed E-state index contributed by atoms with van der Waals surface area (Å²) < 4.78 is 32.8. The minimum Gasteiger partial charge on any atom is -0.496 e. The number of rotatable bonds is 6. The quantitative estimate of drug-likeness (QED) is 0.694. The summed E-state index contributed by atoms with van der Waals surface area (Å²) in [6.45, 7) is 4.89. The van der Waals surface area contributed by atoms with Crippen LogP contribution < -0.4 is 4.74 Å². The normalized spacial score (nSPS) is 17.9. The van der Waals surface area contributed by atoms with Gasteiger partial charge in [-0.25, -0.2) is 8.42 Å². The van der Waals surface area contributed by atoms with Crippen molar-refractivity contribution in [2.45, 2.75) is 37.4 Å². The number of piperidine rings is 1. The SMILES string of the molecule is COc1c(C)cnc(CN(C)C(=O)C2CCCN(S(=O)(=O)c3cccs3)C2)c1C. The minimum absolute atomic E-state index is 0.0585. The fourth-order valence-electron chi connectivity index (χ4n) is 3.74. The first-order valence-corrected chi connectivity index (χ1v) is 11.9. The van der Waals surface area contributed by atoms with Crippen LogP contribution in [0.4, 0.5) is 0 Å². The fraction of sp³-hybridized carbons (Fsp3) is 0.500. The molecular weight excluding hydrogens is 410 g/mol. The average Bonchev–Trinajstić information content (AvgIpc) is 3.26. The number of amides is 1. The number of ether oxygens (including phenoxy) is 1. The van der Waals surface area contributed by atoms with Crippen molar-refractivity contribution in [1.82, 2.24) is 14.2 Å². The third-order valence-electron chi connectivity index (χ3n) is 5.34. The number of carbonyl (C=O) groups is 1. The molecule has 0 saturated carbocycles. The van der Waals surface area contributed by atoms with E-state index in [9.17, 15) is 13.2 Å². The molecule has 1 fully saturated rings. The Kier molecular flexibility index (Phi) is 6.60. The van der Waals surface area contributed by atoms with E-state index in [1.807, 2.05) is 13.8 Å². The number of carbonyl (C=O) groups excluding carboxylic acids is 1. The van der Waals surface area contributed by atoms with Crippen molar-refractivity contribution in [2.75, 3.05) is 27.2 Å². The molecule has 1 amide bonds. The molecule has 0 bridgehead atoms. The van der Waals surface area contributed by atoms with Crippen LogP contribution >= 0.6 is 11.3 Å². The van der Waals surface area contributed by atoms with Crippen molar-refractivity contribution in [1.29, 1.82) is 0 Å². The molecule has 0 aliphatic carbocycles. The lowest BCUT2D eigenvalue weighted by Crippen LogP contribution is -2.45. The van der Waals surface area contributed by atoms with Gasteiger partial charge in [0.05, 0.1) is 25.3 Å². The highest BCUT2D eigenvalue weighted by atomic mass is 32.2. The van der Waals surface area contributed by atoms with Gasteiger partial charge in [-0.3, -0.25) is 9.78 Å².